The van der Waals surface area contributed by atoms with Gasteiger partial charge in [0.1, 0.15) is 12.2 Å². The van der Waals surface area contributed by atoms with Crippen molar-refractivity contribution in [1.29, 1.82) is 0 Å². The summed E-state index contributed by atoms with van der Waals surface area (Å²) < 4.78 is 11.3. The van der Waals surface area contributed by atoms with Crippen molar-refractivity contribution in [1.82, 2.24) is 25.0 Å². The van der Waals surface area contributed by atoms with Gasteiger partial charge in [0, 0.05) is 0 Å². The first-order valence-corrected chi connectivity index (χ1v) is 5.92. The summed E-state index contributed by atoms with van der Waals surface area (Å²) in [4.78, 5) is 18.7. The fourth-order valence-electron chi connectivity index (χ4n) is 1.50. The van der Waals surface area contributed by atoms with E-state index < -0.39 is 5.97 Å². The van der Waals surface area contributed by atoms with Gasteiger partial charge in [-0.15, -0.1) is 5.10 Å². The van der Waals surface area contributed by atoms with Crippen LogP contribution in [0.25, 0.3) is 0 Å². The van der Waals surface area contributed by atoms with Crippen molar-refractivity contribution >= 4 is 11.9 Å². The van der Waals surface area contributed by atoms with Crippen LogP contribution in [0.5, 0.6) is 11.8 Å². The lowest BCUT2D eigenvalue weighted by atomic mass is 10.4. The first-order chi connectivity index (χ1) is 10.1. The van der Waals surface area contributed by atoms with Gasteiger partial charge in [0.2, 0.25) is 17.7 Å². The first-order valence-electron chi connectivity index (χ1n) is 5.92. The van der Waals surface area contributed by atoms with Crippen LogP contribution in [0, 0.1) is 0 Å². The van der Waals surface area contributed by atoms with E-state index in [0.29, 0.717) is 23.4 Å². The lowest BCUT2D eigenvalue weighted by Crippen LogP contribution is -2.09. The van der Waals surface area contributed by atoms with Crippen LogP contribution in [-0.2, 0) is 17.9 Å². The highest BCUT2D eigenvalue weighted by molar-refractivity contribution is 5.66. The number of aromatic nitrogens is 5. The molecule has 0 aliphatic carbocycles. The van der Waals surface area contributed by atoms with Gasteiger partial charge >= 0.3 is 5.97 Å². The van der Waals surface area contributed by atoms with Crippen molar-refractivity contribution in [2.75, 3.05) is 19.5 Å². The van der Waals surface area contributed by atoms with Crippen LogP contribution in [0.2, 0.25) is 0 Å². The number of hydrogen-bond acceptors (Lipinski definition) is 8. The van der Waals surface area contributed by atoms with Crippen LogP contribution in [0.1, 0.15) is 5.69 Å². The second kappa shape index (κ2) is 6.50. The van der Waals surface area contributed by atoms with Crippen molar-refractivity contribution in [3.63, 3.8) is 0 Å². The number of methoxy groups -OCH3 is 2. The standard InChI is InChI=1S/C11H14N6O4/c1-20-8-3-9(21-2)14-11(13-8)12-4-7-5-17(16-15-7)6-10(18)19/h3,5H,4,6H2,1-2H3,(H,18,19)(H,12,13,14). The summed E-state index contributed by atoms with van der Waals surface area (Å²) in [6, 6.07) is 1.55. The fourth-order valence-corrected chi connectivity index (χ4v) is 1.50. The highest BCUT2D eigenvalue weighted by Crippen LogP contribution is 2.17. The van der Waals surface area contributed by atoms with Crippen LogP contribution in [-0.4, -0.2) is 50.3 Å². The van der Waals surface area contributed by atoms with Crippen LogP contribution in [0.3, 0.4) is 0 Å². The quantitative estimate of drug-likeness (QED) is 0.713. The molecule has 0 saturated carbocycles. The molecule has 0 saturated heterocycles. The maximum atomic E-state index is 10.5. The Morgan fingerprint density at radius 2 is 2.00 bits per heavy atom. The lowest BCUT2D eigenvalue weighted by Gasteiger charge is -2.07. The van der Waals surface area contributed by atoms with Crippen LogP contribution >= 0.6 is 0 Å². The number of hydrogen-bond donors (Lipinski definition) is 2. The van der Waals surface area contributed by atoms with Gasteiger partial charge in [-0.2, -0.15) is 9.97 Å². The van der Waals surface area contributed by atoms with Crippen molar-refractivity contribution < 1.29 is 19.4 Å². The molecule has 0 fully saturated rings. The molecule has 10 nitrogen and oxygen atoms in total. The number of carbonyl (C=O) groups is 1. The summed E-state index contributed by atoms with van der Waals surface area (Å²) in [5, 5.41) is 19.1. The number of anilines is 1. The third-order valence-electron chi connectivity index (χ3n) is 2.41. The van der Waals surface area contributed by atoms with Gasteiger partial charge in [0.15, 0.2) is 0 Å². The van der Waals surface area contributed by atoms with E-state index in [1.807, 2.05) is 0 Å². The molecule has 2 aromatic rings. The smallest absolute Gasteiger partial charge is 0.325 e. The Balaban J connectivity index is 2.02. The molecule has 0 unspecified atom stereocenters. The Hall–Kier alpha value is -2.91. The molecule has 21 heavy (non-hydrogen) atoms. The molecule has 0 aromatic carbocycles. The van der Waals surface area contributed by atoms with Gasteiger partial charge < -0.3 is 19.9 Å². The van der Waals surface area contributed by atoms with Gasteiger partial charge in [-0.3, -0.25) is 4.79 Å². The molecule has 2 rings (SSSR count). The zero-order valence-corrected chi connectivity index (χ0v) is 11.5. The molecule has 0 spiro atoms. The molecule has 0 aliphatic rings. The molecule has 2 N–H and O–H groups in total. The van der Waals surface area contributed by atoms with E-state index >= 15 is 0 Å². The van der Waals surface area contributed by atoms with Gasteiger partial charge in [-0.25, -0.2) is 4.68 Å². The summed E-state index contributed by atoms with van der Waals surface area (Å²) in [5.74, 6) is 0.0389. The summed E-state index contributed by atoms with van der Waals surface area (Å²) >= 11 is 0. The molecule has 0 radical (unpaired) electrons. The Kier molecular flexibility index (Phi) is 4.49. The number of carboxylic acid groups (broad SMARTS) is 1. The van der Waals surface area contributed by atoms with Crippen molar-refractivity contribution in [2.24, 2.45) is 0 Å². The van der Waals surface area contributed by atoms with Crippen molar-refractivity contribution in [3.05, 3.63) is 18.0 Å². The van der Waals surface area contributed by atoms with Crippen LogP contribution in [0.15, 0.2) is 12.3 Å². The largest absolute Gasteiger partial charge is 0.481 e. The molecule has 0 aliphatic heterocycles. The van der Waals surface area contributed by atoms with Gasteiger partial charge in [-0.1, -0.05) is 5.21 Å². The third-order valence-corrected chi connectivity index (χ3v) is 2.41. The van der Waals surface area contributed by atoms with E-state index in [2.05, 4.69) is 25.6 Å². The normalized spacial score (nSPS) is 10.2. The molecule has 2 heterocycles. The summed E-state index contributed by atoms with van der Waals surface area (Å²) in [7, 11) is 2.98. The van der Waals surface area contributed by atoms with Gasteiger partial charge in [0.05, 0.1) is 33.0 Å². The molecule has 0 bridgehead atoms. The molecular formula is C11H14N6O4. The molecule has 0 amide bonds. The number of carboxylic acids is 1. The average Bonchev–Trinajstić information content (AvgIpc) is 2.91. The second-order valence-corrected chi connectivity index (χ2v) is 3.93. The number of rotatable bonds is 7. The topological polar surface area (TPSA) is 124 Å². The molecule has 2 aromatic heterocycles. The lowest BCUT2D eigenvalue weighted by molar-refractivity contribution is -0.137. The monoisotopic (exact) mass is 294 g/mol. The van der Waals surface area contributed by atoms with E-state index in [1.165, 1.54) is 25.1 Å². The summed E-state index contributed by atoms with van der Waals surface area (Å²) in [6.07, 6.45) is 1.53. The molecule has 112 valence electrons. The van der Waals surface area contributed by atoms with Gasteiger partial charge in [-0.05, 0) is 0 Å². The minimum Gasteiger partial charge on any atom is -0.481 e. The van der Waals surface area contributed by atoms with Gasteiger partial charge in [0.25, 0.3) is 0 Å². The SMILES string of the molecule is COc1cc(OC)nc(NCc2cn(CC(=O)O)nn2)n1. The van der Waals surface area contributed by atoms with Crippen LogP contribution < -0.4 is 14.8 Å². The Morgan fingerprint density at radius 1 is 1.33 bits per heavy atom. The first kappa shape index (κ1) is 14.5. The highest BCUT2D eigenvalue weighted by atomic mass is 16.5. The Morgan fingerprint density at radius 3 is 2.57 bits per heavy atom. The predicted octanol–water partition coefficient (Wildman–Crippen LogP) is -0.218. The zero-order valence-electron chi connectivity index (χ0n) is 11.5. The predicted molar refractivity (Wildman–Crippen MR) is 70.1 cm³/mol. The number of nitrogens with one attached hydrogen (secondary N) is 1. The summed E-state index contributed by atoms with van der Waals surface area (Å²) in [5.41, 5.74) is 0.557. The zero-order chi connectivity index (χ0) is 15.2. The van der Waals surface area contributed by atoms with E-state index in [0.717, 1.165) is 0 Å². The maximum Gasteiger partial charge on any atom is 0.325 e. The number of ether oxygens (including phenoxy) is 2. The second-order valence-electron chi connectivity index (χ2n) is 3.93. The molecule has 10 heteroatoms. The van der Waals surface area contributed by atoms with Crippen molar-refractivity contribution in [2.45, 2.75) is 13.1 Å². The van der Waals surface area contributed by atoms with Crippen molar-refractivity contribution in [3.8, 4) is 11.8 Å². The fraction of sp³-hybridized carbons (Fsp3) is 0.364. The summed E-state index contributed by atoms with van der Waals surface area (Å²) in [6.45, 7) is 0.0480. The molecular weight excluding hydrogens is 280 g/mol. The van der Waals surface area contributed by atoms with E-state index in [4.69, 9.17) is 14.6 Å². The number of aliphatic carboxylic acids is 1. The highest BCUT2D eigenvalue weighted by Gasteiger charge is 2.07. The third kappa shape index (κ3) is 4.03. The van der Waals surface area contributed by atoms with E-state index in [9.17, 15) is 4.79 Å². The van der Waals surface area contributed by atoms with Crippen LogP contribution in [0.4, 0.5) is 5.95 Å². The van der Waals surface area contributed by atoms with E-state index in [1.54, 1.807) is 6.07 Å². The Bertz CT molecular complexity index is 607. The molecule has 0 atom stereocenters. The maximum absolute atomic E-state index is 10.5. The minimum absolute atomic E-state index is 0.240. The number of nitrogens with zero attached hydrogens (tertiary/aromatic N) is 5. The van der Waals surface area contributed by atoms with E-state index in [-0.39, 0.29) is 13.1 Å². The minimum atomic E-state index is -0.986. The average molecular weight is 294 g/mol. The Labute approximate surface area is 119 Å².